The Bertz CT molecular complexity index is 827. The molecule has 0 aliphatic carbocycles. The molecule has 26 heavy (non-hydrogen) atoms. The van der Waals surface area contributed by atoms with Crippen molar-refractivity contribution in [2.24, 2.45) is 0 Å². The van der Waals surface area contributed by atoms with Gasteiger partial charge in [-0.25, -0.2) is 0 Å². The molecule has 0 saturated carbocycles. The number of hydrogen-bond donors (Lipinski definition) is 1. The van der Waals surface area contributed by atoms with E-state index in [1.54, 1.807) is 35.2 Å². The highest BCUT2D eigenvalue weighted by atomic mass is 16.5. The second kappa shape index (κ2) is 7.87. The molecule has 1 aliphatic rings. The van der Waals surface area contributed by atoms with E-state index in [0.717, 1.165) is 24.2 Å². The summed E-state index contributed by atoms with van der Waals surface area (Å²) in [5.74, 6) is 0.563. The predicted octanol–water partition coefficient (Wildman–Crippen LogP) is 4.02. The van der Waals surface area contributed by atoms with Crippen molar-refractivity contribution in [2.45, 2.75) is 19.8 Å². The van der Waals surface area contributed by atoms with Crippen LogP contribution in [0.2, 0.25) is 0 Å². The predicted molar refractivity (Wildman–Crippen MR) is 103 cm³/mol. The Morgan fingerprint density at radius 1 is 1.23 bits per heavy atom. The van der Waals surface area contributed by atoms with Crippen LogP contribution in [0.3, 0.4) is 0 Å². The molecule has 0 atom stereocenters. The van der Waals surface area contributed by atoms with E-state index in [2.05, 4.69) is 11.9 Å². The van der Waals surface area contributed by atoms with E-state index in [1.807, 2.05) is 25.1 Å². The van der Waals surface area contributed by atoms with Crippen molar-refractivity contribution in [3.05, 3.63) is 66.2 Å². The highest BCUT2D eigenvalue weighted by Gasteiger charge is 2.21. The van der Waals surface area contributed by atoms with Gasteiger partial charge in [0.15, 0.2) is 0 Å². The second-order valence-electron chi connectivity index (χ2n) is 6.42. The summed E-state index contributed by atoms with van der Waals surface area (Å²) in [5, 5.41) is 2.86. The van der Waals surface area contributed by atoms with E-state index in [1.165, 1.54) is 0 Å². The minimum Gasteiger partial charge on any atom is -0.489 e. The van der Waals surface area contributed by atoms with Gasteiger partial charge in [0.2, 0.25) is 5.91 Å². The molecule has 5 nitrogen and oxygen atoms in total. The van der Waals surface area contributed by atoms with Gasteiger partial charge in [-0.15, -0.1) is 0 Å². The van der Waals surface area contributed by atoms with E-state index < -0.39 is 0 Å². The smallest absolute Gasteiger partial charge is 0.255 e. The van der Waals surface area contributed by atoms with Gasteiger partial charge >= 0.3 is 0 Å². The van der Waals surface area contributed by atoms with E-state index in [4.69, 9.17) is 4.74 Å². The van der Waals surface area contributed by atoms with Crippen LogP contribution in [0.5, 0.6) is 5.75 Å². The SMILES string of the molecule is C=C(C)COc1cccc(C(=O)Nc2ccc(N3CCCC3=O)cc2)c1. The lowest BCUT2D eigenvalue weighted by atomic mass is 10.2. The molecule has 2 aromatic rings. The van der Waals surface area contributed by atoms with Crippen LogP contribution in [0, 0.1) is 0 Å². The molecule has 1 heterocycles. The summed E-state index contributed by atoms with van der Waals surface area (Å²) < 4.78 is 5.57. The number of ether oxygens (including phenoxy) is 1. The van der Waals surface area contributed by atoms with Gasteiger partial charge in [-0.1, -0.05) is 12.6 Å². The second-order valence-corrected chi connectivity index (χ2v) is 6.42. The lowest BCUT2D eigenvalue weighted by Crippen LogP contribution is -2.23. The number of carbonyl (C=O) groups excluding carboxylic acids is 2. The summed E-state index contributed by atoms with van der Waals surface area (Å²) >= 11 is 0. The third-order valence-electron chi connectivity index (χ3n) is 4.09. The number of hydrogen-bond acceptors (Lipinski definition) is 3. The first kappa shape index (κ1) is 17.7. The van der Waals surface area contributed by atoms with E-state index in [9.17, 15) is 9.59 Å². The zero-order valence-electron chi connectivity index (χ0n) is 14.8. The fraction of sp³-hybridized carbons (Fsp3) is 0.238. The van der Waals surface area contributed by atoms with Gasteiger partial charge in [0.1, 0.15) is 12.4 Å². The van der Waals surface area contributed by atoms with Crippen molar-refractivity contribution >= 4 is 23.2 Å². The van der Waals surface area contributed by atoms with Gasteiger partial charge in [0.05, 0.1) is 0 Å². The standard InChI is InChI=1S/C21H22N2O3/c1-15(2)14-26-19-6-3-5-16(13-19)21(25)22-17-8-10-18(11-9-17)23-12-4-7-20(23)24/h3,5-6,8-11,13H,1,4,7,12,14H2,2H3,(H,22,25). The number of carbonyl (C=O) groups is 2. The number of amides is 2. The van der Waals surface area contributed by atoms with E-state index in [0.29, 0.717) is 30.0 Å². The summed E-state index contributed by atoms with van der Waals surface area (Å²) in [6.07, 6.45) is 1.49. The normalized spacial score (nSPS) is 13.6. The Morgan fingerprint density at radius 2 is 2.00 bits per heavy atom. The first-order chi connectivity index (χ1) is 12.5. The average Bonchev–Trinajstić information content (AvgIpc) is 3.07. The summed E-state index contributed by atoms with van der Waals surface area (Å²) in [6.45, 7) is 6.85. The van der Waals surface area contributed by atoms with Crippen LogP contribution >= 0.6 is 0 Å². The summed E-state index contributed by atoms with van der Waals surface area (Å²) in [6, 6.07) is 14.3. The van der Waals surface area contributed by atoms with Gasteiger partial charge in [-0.3, -0.25) is 9.59 Å². The largest absolute Gasteiger partial charge is 0.489 e. The Morgan fingerprint density at radius 3 is 2.65 bits per heavy atom. The molecular weight excluding hydrogens is 328 g/mol. The Hall–Kier alpha value is -3.08. The monoisotopic (exact) mass is 350 g/mol. The van der Waals surface area contributed by atoms with Crippen LogP contribution in [-0.4, -0.2) is 25.0 Å². The van der Waals surface area contributed by atoms with Crippen molar-refractivity contribution in [3.63, 3.8) is 0 Å². The maximum atomic E-state index is 12.4. The van der Waals surface area contributed by atoms with Crippen molar-refractivity contribution in [2.75, 3.05) is 23.4 Å². The molecule has 2 aromatic carbocycles. The molecular formula is C21H22N2O3. The molecule has 0 aromatic heterocycles. The summed E-state index contributed by atoms with van der Waals surface area (Å²) in [5.41, 5.74) is 2.97. The number of nitrogens with zero attached hydrogens (tertiary/aromatic N) is 1. The van der Waals surface area contributed by atoms with Crippen molar-refractivity contribution < 1.29 is 14.3 Å². The van der Waals surface area contributed by atoms with Gasteiger partial charge in [0.25, 0.3) is 5.91 Å². The Kier molecular flexibility index (Phi) is 5.37. The van der Waals surface area contributed by atoms with Gasteiger partial charge in [-0.05, 0) is 61.4 Å². The van der Waals surface area contributed by atoms with Crippen molar-refractivity contribution in [1.29, 1.82) is 0 Å². The summed E-state index contributed by atoms with van der Waals surface area (Å²) in [7, 11) is 0. The lowest BCUT2D eigenvalue weighted by Gasteiger charge is -2.16. The average molecular weight is 350 g/mol. The van der Waals surface area contributed by atoms with Gasteiger partial charge in [0, 0.05) is 29.9 Å². The van der Waals surface area contributed by atoms with Crippen LogP contribution in [0.1, 0.15) is 30.1 Å². The fourth-order valence-corrected chi connectivity index (χ4v) is 2.78. The topological polar surface area (TPSA) is 58.6 Å². The first-order valence-electron chi connectivity index (χ1n) is 8.62. The molecule has 1 N–H and O–H groups in total. The van der Waals surface area contributed by atoms with Crippen LogP contribution in [0.25, 0.3) is 0 Å². The molecule has 1 aliphatic heterocycles. The number of nitrogens with one attached hydrogen (secondary N) is 1. The highest BCUT2D eigenvalue weighted by molar-refractivity contribution is 6.04. The molecule has 0 radical (unpaired) electrons. The molecule has 1 saturated heterocycles. The maximum Gasteiger partial charge on any atom is 0.255 e. The Balaban J connectivity index is 1.65. The lowest BCUT2D eigenvalue weighted by molar-refractivity contribution is -0.117. The molecule has 0 unspecified atom stereocenters. The van der Waals surface area contributed by atoms with E-state index >= 15 is 0 Å². The maximum absolute atomic E-state index is 12.4. The van der Waals surface area contributed by atoms with Crippen LogP contribution in [-0.2, 0) is 4.79 Å². The van der Waals surface area contributed by atoms with Crippen molar-refractivity contribution in [1.82, 2.24) is 0 Å². The molecule has 3 rings (SSSR count). The molecule has 0 bridgehead atoms. The quantitative estimate of drug-likeness (QED) is 0.801. The molecule has 1 fully saturated rings. The summed E-state index contributed by atoms with van der Waals surface area (Å²) in [4.78, 5) is 26.0. The molecule has 0 spiro atoms. The zero-order chi connectivity index (χ0) is 18.5. The van der Waals surface area contributed by atoms with E-state index in [-0.39, 0.29) is 11.8 Å². The third-order valence-corrected chi connectivity index (χ3v) is 4.09. The number of benzene rings is 2. The number of anilines is 2. The van der Waals surface area contributed by atoms with Crippen LogP contribution in [0.15, 0.2) is 60.7 Å². The van der Waals surface area contributed by atoms with Crippen LogP contribution in [0.4, 0.5) is 11.4 Å². The van der Waals surface area contributed by atoms with Crippen molar-refractivity contribution in [3.8, 4) is 5.75 Å². The third kappa shape index (κ3) is 4.30. The minimum atomic E-state index is -0.212. The molecule has 5 heteroatoms. The highest BCUT2D eigenvalue weighted by Crippen LogP contribution is 2.23. The zero-order valence-corrected chi connectivity index (χ0v) is 14.8. The fourth-order valence-electron chi connectivity index (χ4n) is 2.78. The first-order valence-corrected chi connectivity index (χ1v) is 8.62. The molecule has 134 valence electrons. The minimum absolute atomic E-state index is 0.147. The van der Waals surface area contributed by atoms with Gasteiger partial charge < -0.3 is 15.0 Å². The number of rotatable bonds is 6. The van der Waals surface area contributed by atoms with Gasteiger partial charge in [-0.2, -0.15) is 0 Å². The van der Waals surface area contributed by atoms with Crippen LogP contribution < -0.4 is 15.0 Å². The Labute approximate surface area is 153 Å². The molecule has 2 amide bonds.